The Hall–Kier alpha value is -1.06. The lowest BCUT2D eigenvalue weighted by molar-refractivity contribution is -0.173. The van der Waals surface area contributed by atoms with E-state index in [1.807, 2.05) is 0 Å². The summed E-state index contributed by atoms with van der Waals surface area (Å²) >= 11 is 0. The zero-order valence-corrected chi connectivity index (χ0v) is 17.9. The molecule has 1 rings (SSSR count). The number of hydrogen-bond acceptors (Lipinski definition) is 4. The van der Waals surface area contributed by atoms with E-state index in [1.54, 1.807) is 13.8 Å². The summed E-state index contributed by atoms with van der Waals surface area (Å²) in [5, 5.41) is 0. The summed E-state index contributed by atoms with van der Waals surface area (Å²) < 4.78 is 10.7. The highest BCUT2D eigenvalue weighted by molar-refractivity contribution is 6.00. The lowest BCUT2D eigenvalue weighted by Crippen LogP contribution is -2.42. The zero-order valence-electron chi connectivity index (χ0n) is 17.9. The first-order chi connectivity index (χ1) is 13.2. The summed E-state index contributed by atoms with van der Waals surface area (Å²) in [5.74, 6) is -0.747. The predicted octanol–water partition coefficient (Wildman–Crippen LogP) is 6.35. The summed E-state index contributed by atoms with van der Waals surface area (Å²) in [6.07, 6.45) is 17.9. The predicted molar refractivity (Wildman–Crippen MR) is 110 cm³/mol. The molecule has 0 aromatic rings. The maximum absolute atomic E-state index is 12.8. The van der Waals surface area contributed by atoms with Crippen molar-refractivity contribution in [2.75, 3.05) is 13.2 Å². The third-order valence-electron chi connectivity index (χ3n) is 5.79. The van der Waals surface area contributed by atoms with E-state index >= 15 is 0 Å². The Kier molecular flexibility index (Phi) is 13.3. The van der Waals surface area contributed by atoms with Crippen LogP contribution in [-0.2, 0) is 19.1 Å². The monoisotopic (exact) mass is 382 g/mol. The summed E-state index contributed by atoms with van der Waals surface area (Å²) in [6, 6.07) is 0. The molecule has 0 heterocycles. The Morgan fingerprint density at radius 2 is 0.815 bits per heavy atom. The van der Waals surface area contributed by atoms with E-state index < -0.39 is 5.41 Å². The maximum Gasteiger partial charge on any atom is 0.323 e. The van der Waals surface area contributed by atoms with Gasteiger partial charge in [0.05, 0.1) is 13.2 Å². The second kappa shape index (κ2) is 14.9. The Balaban J connectivity index is 2.79. The molecule has 27 heavy (non-hydrogen) atoms. The molecule has 0 radical (unpaired) electrons. The van der Waals surface area contributed by atoms with Gasteiger partial charge in [0.25, 0.3) is 0 Å². The van der Waals surface area contributed by atoms with Gasteiger partial charge in [-0.3, -0.25) is 9.59 Å². The lowest BCUT2D eigenvalue weighted by Gasteiger charge is -2.29. The normalized spacial score (nSPS) is 21.0. The first-order valence-electron chi connectivity index (χ1n) is 11.5. The minimum absolute atomic E-state index is 0.306. The molecule has 0 N–H and O–H groups in total. The van der Waals surface area contributed by atoms with Crippen molar-refractivity contribution in [1.29, 1.82) is 0 Å². The van der Waals surface area contributed by atoms with E-state index in [2.05, 4.69) is 0 Å². The Labute approximate surface area is 166 Å². The van der Waals surface area contributed by atoms with Crippen molar-refractivity contribution in [3.05, 3.63) is 0 Å². The molecule has 0 unspecified atom stereocenters. The van der Waals surface area contributed by atoms with Crippen molar-refractivity contribution in [2.45, 2.75) is 117 Å². The molecule has 1 aliphatic rings. The number of ether oxygens (including phenoxy) is 2. The van der Waals surface area contributed by atoms with Crippen LogP contribution < -0.4 is 0 Å². The van der Waals surface area contributed by atoms with Gasteiger partial charge >= 0.3 is 11.9 Å². The molecule has 0 bridgehead atoms. The van der Waals surface area contributed by atoms with Gasteiger partial charge in [-0.25, -0.2) is 0 Å². The van der Waals surface area contributed by atoms with Gasteiger partial charge < -0.3 is 9.47 Å². The van der Waals surface area contributed by atoms with Crippen LogP contribution in [0.25, 0.3) is 0 Å². The van der Waals surface area contributed by atoms with Gasteiger partial charge in [0.1, 0.15) is 0 Å². The minimum atomic E-state index is -1.10. The van der Waals surface area contributed by atoms with Crippen molar-refractivity contribution in [3.8, 4) is 0 Å². The molecule has 0 aromatic heterocycles. The van der Waals surface area contributed by atoms with E-state index in [4.69, 9.17) is 9.47 Å². The van der Waals surface area contributed by atoms with Crippen LogP contribution in [0.5, 0.6) is 0 Å². The number of hydrogen-bond donors (Lipinski definition) is 0. The summed E-state index contributed by atoms with van der Waals surface area (Å²) in [6.45, 7) is 4.21. The van der Waals surface area contributed by atoms with Crippen molar-refractivity contribution < 1.29 is 19.1 Å². The van der Waals surface area contributed by atoms with Crippen molar-refractivity contribution in [2.24, 2.45) is 5.41 Å². The summed E-state index contributed by atoms with van der Waals surface area (Å²) in [5.41, 5.74) is -1.10. The molecule has 0 aliphatic heterocycles. The second-order valence-electron chi connectivity index (χ2n) is 7.97. The van der Waals surface area contributed by atoms with Gasteiger partial charge in [-0.05, 0) is 26.7 Å². The van der Waals surface area contributed by atoms with Crippen molar-refractivity contribution in [1.82, 2.24) is 0 Å². The van der Waals surface area contributed by atoms with E-state index in [-0.39, 0.29) is 11.9 Å². The molecule has 4 nitrogen and oxygen atoms in total. The van der Waals surface area contributed by atoms with Crippen molar-refractivity contribution in [3.63, 3.8) is 0 Å². The molecule has 0 amide bonds. The molecular weight excluding hydrogens is 340 g/mol. The quantitative estimate of drug-likeness (QED) is 0.419. The standard InChI is InChI=1S/C23H42O4/c1-3-26-21(24)23(22(25)27-4-2)19-17-15-13-11-9-7-5-6-8-10-12-14-16-18-20-23/h3-20H2,1-2H3. The molecule has 0 atom stereocenters. The molecule has 1 saturated carbocycles. The maximum atomic E-state index is 12.8. The highest BCUT2D eigenvalue weighted by atomic mass is 16.6. The Morgan fingerprint density at radius 3 is 1.07 bits per heavy atom. The molecule has 0 aromatic carbocycles. The lowest BCUT2D eigenvalue weighted by atomic mass is 9.77. The van der Waals surface area contributed by atoms with E-state index in [0.29, 0.717) is 26.1 Å². The van der Waals surface area contributed by atoms with Crippen LogP contribution in [0.3, 0.4) is 0 Å². The van der Waals surface area contributed by atoms with E-state index in [0.717, 1.165) is 25.7 Å². The molecular formula is C23H42O4. The zero-order chi connectivity index (χ0) is 19.8. The third kappa shape index (κ3) is 9.12. The first kappa shape index (κ1) is 24.0. The second-order valence-corrected chi connectivity index (χ2v) is 7.97. The summed E-state index contributed by atoms with van der Waals surface area (Å²) in [4.78, 5) is 25.6. The average molecular weight is 383 g/mol. The fraction of sp³-hybridized carbons (Fsp3) is 0.913. The van der Waals surface area contributed by atoms with Crippen LogP contribution in [0.2, 0.25) is 0 Å². The third-order valence-corrected chi connectivity index (χ3v) is 5.79. The SMILES string of the molecule is CCOC(=O)C1(C(=O)OCC)CCCCCCCCCCCCCCCC1. The van der Waals surface area contributed by atoms with Crippen LogP contribution in [0, 0.1) is 5.41 Å². The van der Waals surface area contributed by atoms with Gasteiger partial charge in [-0.1, -0.05) is 89.9 Å². The van der Waals surface area contributed by atoms with Gasteiger partial charge in [0.2, 0.25) is 0 Å². The van der Waals surface area contributed by atoms with Crippen molar-refractivity contribution >= 4 is 11.9 Å². The fourth-order valence-corrected chi connectivity index (χ4v) is 4.13. The Morgan fingerprint density at radius 1 is 0.556 bits per heavy atom. The van der Waals surface area contributed by atoms with Crippen LogP contribution in [-0.4, -0.2) is 25.2 Å². The Bertz CT molecular complexity index is 367. The average Bonchev–Trinajstić information content (AvgIpc) is 2.66. The van der Waals surface area contributed by atoms with Gasteiger partial charge in [0, 0.05) is 0 Å². The smallest absolute Gasteiger partial charge is 0.323 e. The molecule has 4 heteroatoms. The van der Waals surface area contributed by atoms with E-state index in [9.17, 15) is 9.59 Å². The number of rotatable bonds is 4. The number of carbonyl (C=O) groups is 2. The molecule has 1 aliphatic carbocycles. The largest absolute Gasteiger partial charge is 0.465 e. The number of carbonyl (C=O) groups excluding carboxylic acids is 2. The molecule has 0 saturated heterocycles. The van der Waals surface area contributed by atoms with Gasteiger partial charge in [-0.15, -0.1) is 0 Å². The highest BCUT2D eigenvalue weighted by Crippen LogP contribution is 2.35. The highest BCUT2D eigenvalue weighted by Gasteiger charge is 2.47. The topological polar surface area (TPSA) is 52.6 Å². The van der Waals surface area contributed by atoms with Gasteiger partial charge in [-0.2, -0.15) is 0 Å². The minimum Gasteiger partial charge on any atom is -0.465 e. The fourth-order valence-electron chi connectivity index (χ4n) is 4.13. The number of esters is 2. The van der Waals surface area contributed by atoms with E-state index in [1.165, 1.54) is 64.2 Å². The van der Waals surface area contributed by atoms with Crippen LogP contribution in [0.1, 0.15) is 117 Å². The molecule has 1 fully saturated rings. The van der Waals surface area contributed by atoms with Crippen LogP contribution in [0.15, 0.2) is 0 Å². The van der Waals surface area contributed by atoms with Gasteiger partial charge in [0.15, 0.2) is 5.41 Å². The molecule has 0 spiro atoms. The first-order valence-corrected chi connectivity index (χ1v) is 11.5. The van der Waals surface area contributed by atoms with Crippen LogP contribution in [0.4, 0.5) is 0 Å². The summed E-state index contributed by atoms with van der Waals surface area (Å²) in [7, 11) is 0. The molecule has 158 valence electrons. The van der Waals surface area contributed by atoms with Crippen LogP contribution >= 0.6 is 0 Å².